The summed E-state index contributed by atoms with van der Waals surface area (Å²) < 4.78 is 0.820. The first-order valence-corrected chi connectivity index (χ1v) is 12.4. The summed E-state index contributed by atoms with van der Waals surface area (Å²) in [6, 6.07) is 7.88. The number of hydrogen-bond acceptors (Lipinski definition) is 7. The van der Waals surface area contributed by atoms with Crippen molar-refractivity contribution < 1.29 is 9.59 Å². The Morgan fingerprint density at radius 1 is 1.24 bits per heavy atom. The molecule has 3 atom stereocenters. The van der Waals surface area contributed by atoms with Gasteiger partial charge < -0.3 is 15.5 Å². The standard InChI is InChI=1S/C23H23BrN6O2S/c1-12(31)28-17-5-3-4-14(6-17)21-20(29-13(2)33-21)22(32)30-18(7-15-8-19(15)30)11-27-23-25-9-16(24)10-26-23/h3-6,9-10,15,18-19H,7-8,11H2,1-2H3,(H,28,31)(H,25,26,27)/t15-,18+,19+/m1/s1. The number of amides is 2. The quantitative estimate of drug-likeness (QED) is 0.495. The molecule has 2 N–H and O–H groups in total. The first kappa shape index (κ1) is 22.0. The number of carbonyl (C=O) groups is 2. The third-order valence-corrected chi connectivity index (χ3v) is 7.37. The molecule has 3 aromatic rings. The molecule has 5 rings (SSSR count). The van der Waals surface area contributed by atoms with Gasteiger partial charge in [0.15, 0.2) is 0 Å². The number of hydrogen-bond donors (Lipinski definition) is 2. The second-order valence-electron chi connectivity index (χ2n) is 8.44. The molecule has 0 unspecified atom stereocenters. The second kappa shape index (κ2) is 8.83. The first-order valence-electron chi connectivity index (χ1n) is 10.8. The van der Waals surface area contributed by atoms with Gasteiger partial charge in [-0.2, -0.15) is 0 Å². The number of rotatable bonds is 6. The average molecular weight is 527 g/mol. The zero-order chi connectivity index (χ0) is 23.1. The number of piperidine rings is 1. The Kier molecular flexibility index (Phi) is 5.88. The molecule has 1 aliphatic carbocycles. The average Bonchev–Trinajstić information content (AvgIpc) is 3.27. The van der Waals surface area contributed by atoms with E-state index in [9.17, 15) is 9.59 Å². The van der Waals surface area contributed by atoms with Gasteiger partial charge in [0, 0.05) is 37.6 Å². The number of nitrogens with one attached hydrogen (secondary N) is 2. The minimum absolute atomic E-state index is 0.0344. The number of aromatic nitrogens is 3. The van der Waals surface area contributed by atoms with Crippen LogP contribution in [-0.2, 0) is 4.79 Å². The van der Waals surface area contributed by atoms with E-state index in [1.165, 1.54) is 18.3 Å². The van der Waals surface area contributed by atoms with Crippen molar-refractivity contribution in [3.8, 4) is 10.4 Å². The van der Waals surface area contributed by atoms with Crippen LogP contribution in [0.2, 0.25) is 0 Å². The number of likely N-dealkylation sites (tertiary alicyclic amines) is 1. The van der Waals surface area contributed by atoms with Crippen LogP contribution < -0.4 is 10.6 Å². The molecule has 8 nitrogen and oxygen atoms in total. The fourth-order valence-corrected chi connectivity index (χ4v) is 5.61. The van der Waals surface area contributed by atoms with Crippen molar-refractivity contribution in [1.29, 1.82) is 0 Å². The van der Waals surface area contributed by atoms with Crippen LogP contribution in [0.1, 0.15) is 35.3 Å². The van der Waals surface area contributed by atoms with Crippen molar-refractivity contribution >= 4 is 50.7 Å². The van der Waals surface area contributed by atoms with Gasteiger partial charge in [0.25, 0.3) is 5.91 Å². The molecule has 170 valence electrons. The maximum atomic E-state index is 13.8. The fourth-order valence-electron chi connectivity index (χ4n) is 4.50. The topological polar surface area (TPSA) is 100 Å². The van der Waals surface area contributed by atoms with Crippen LogP contribution in [0.15, 0.2) is 41.1 Å². The summed E-state index contributed by atoms with van der Waals surface area (Å²) in [5.74, 6) is 0.933. The maximum absolute atomic E-state index is 13.8. The Hall–Kier alpha value is -2.85. The molecule has 10 heteroatoms. The largest absolute Gasteiger partial charge is 0.352 e. The highest BCUT2D eigenvalue weighted by Gasteiger charge is 2.54. The molecule has 1 aromatic carbocycles. The number of aryl methyl sites for hydroxylation is 1. The predicted molar refractivity (Wildman–Crippen MR) is 131 cm³/mol. The van der Waals surface area contributed by atoms with Crippen LogP contribution in [-0.4, -0.2) is 50.3 Å². The van der Waals surface area contributed by atoms with E-state index in [4.69, 9.17) is 0 Å². The van der Waals surface area contributed by atoms with E-state index in [0.29, 0.717) is 29.8 Å². The summed E-state index contributed by atoms with van der Waals surface area (Å²) in [6.45, 7) is 3.98. The van der Waals surface area contributed by atoms with Gasteiger partial charge in [-0.1, -0.05) is 12.1 Å². The lowest BCUT2D eigenvalue weighted by molar-refractivity contribution is -0.114. The van der Waals surface area contributed by atoms with E-state index in [0.717, 1.165) is 32.8 Å². The van der Waals surface area contributed by atoms with Gasteiger partial charge >= 0.3 is 0 Å². The molecule has 2 aromatic heterocycles. The Morgan fingerprint density at radius 2 is 2.03 bits per heavy atom. The molecule has 1 aliphatic heterocycles. The highest BCUT2D eigenvalue weighted by atomic mass is 79.9. The molecule has 3 heterocycles. The Morgan fingerprint density at radius 3 is 2.79 bits per heavy atom. The number of carbonyl (C=O) groups excluding carboxylic acids is 2. The van der Waals surface area contributed by atoms with Crippen LogP contribution in [0.5, 0.6) is 0 Å². The number of halogens is 1. The zero-order valence-electron chi connectivity index (χ0n) is 18.2. The molecule has 33 heavy (non-hydrogen) atoms. The minimum Gasteiger partial charge on any atom is -0.352 e. The molecule has 1 saturated heterocycles. The Labute approximate surface area is 204 Å². The van der Waals surface area contributed by atoms with E-state index in [1.807, 2.05) is 36.1 Å². The van der Waals surface area contributed by atoms with Crippen molar-refractivity contribution in [3.05, 3.63) is 51.8 Å². The summed E-state index contributed by atoms with van der Waals surface area (Å²) >= 11 is 4.84. The molecule has 2 aliphatic rings. The van der Waals surface area contributed by atoms with Crippen LogP contribution in [0.3, 0.4) is 0 Å². The van der Waals surface area contributed by atoms with Crippen molar-refractivity contribution in [2.45, 2.75) is 38.8 Å². The summed E-state index contributed by atoms with van der Waals surface area (Å²) in [4.78, 5) is 41.2. The lowest BCUT2D eigenvalue weighted by atomic mass is 10.1. The Balaban J connectivity index is 1.38. The second-order valence-corrected chi connectivity index (χ2v) is 10.6. The monoisotopic (exact) mass is 526 g/mol. The highest BCUT2D eigenvalue weighted by Crippen LogP contribution is 2.49. The summed E-state index contributed by atoms with van der Waals surface area (Å²) in [7, 11) is 0. The van der Waals surface area contributed by atoms with Gasteiger partial charge in [-0.3, -0.25) is 9.59 Å². The van der Waals surface area contributed by atoms with Crippen molar-refractivity contribution in [3.63, 3.8) is 0 Å². The van der Waals surface area contributed by atoms with Crippen LogP contribution in [0.4, 0.5) is 11.6 Å². The SMILES string of the molecule is CC(=O)Nc1cccc(-c2sc(C)nc2C(=O)N2[C@H](CNc3ncc(Br)cn3)C[C@@H]3C[C@@H]32)c1. The van der Waals surface area contributed by atoms with Gasteiger partial charge in [-0.15, -0.1) is 11.3 Å². The highest BCUT2D eigenvalue weighted by molar-refractivity contribution is 9.10. The molecule has 2 fully saturated rings. The summed E-state index contributed by atoms with van der Waals surface area (Å²) in [6.07, 6.45) is 5.41. The van der Waals surface area contributed by atoms with E-state index in [2.05, 4.69) is 41.5 Å². The molecule has 0 spiro atoms. The van der Waals surface area contributed by atoms with Crippen molar-refractivity contribution in [2.24, 2.45) is 5.92 Å². The molecule has 1 saturated carbocycles. The van der Waals surface area contributed by atoms with E-state index < -0.39 is 0 Å². The third kappa shape index (κ3) is 4.63. The fraction of sp³-hybridized carbons (Fsp3) is 0.348. The van der Waals surface area contributed by atoms with Gasteiger partial charge in [-0.25, -0.2) is 15.0 Å². The number of fused-ring (bicyclic) bond motifs is 1. The Bertz CT molecular complexity index is 1210. The van der Waals surface area contributed by atoms with Crippen molar-refractivity contribution in [2.75, 3.05) is 17.2 Å². The molecular weight excluding hydrogens is 504 g/mol. The third-order valence-electron chi connectivity index (χ3n) is 5.94. The summed E-state index contributed by atoms with van der Waals surface area (Å²) in [5, 5.41) is 6.92. The van der Waals surface area contributed by atoms with Crippen LogP contribution >= 0.6 is 27.3 Å². The lowest BCUT2D eigenvalue weighted by Crippen LogP contribution is -2.42. The van der Waals surface area contributed by atoms with Gasteiger partial charge in [0.05, 0.1) is 20.4 Å². The van der Waals surface area contributed by atoms with Gasteiger partial charge in [0.1, 0.15) is 5.69 Å². The van der Waals surface area contributed by atoms with E-state index in [1.54, 1.807) is 12.4 Å². The molecule has 0 radical (unpaired) electrons. The smallest absolute Gasteiger partial charge is 0.274 e. The lowest BCUT2D eigenvalue weighted by Gasteiger charge is -2.27. The first-order chi connectivity index (χ1) is 15.9. The van der Waals surface area contributed by atoms with E-state index >= 15 is 0 Å². The normalized spacial score (nSPS) is 20.9. The van der Waals surface area contributed by atoms with E-state index in [-0.39, 0.29) is 23.9 Å². The van der Waals surface area contributed by atoms with Gasteiger partial charge in [-0.05, 0) is 59.3 Å². The number of anilines is 2. The molecular formula is C23H23BrN6O2S. The predicted octanol–water partition coefficient (Wildman–Crippen LogP) is 4.34. The van der Waals surface area contributed by atoms with Crippen LogP contribution in [0.25, 0.3) is 10.4 Å². The number of benzene rings is 1. The van der Waals surface area contributed by atoms with Crippen molar-refractivity contribution in [1.82, 2.24) is 19.9 Å². The summed E-state index contributed by atoms with van der Waals surface area (Å²) in [5.41, 5.74) is 2.05. The minimum atomic E-state index is -0.133. The zero-order valence-corrected chi connectivity index (χ0v) is 20.6. The molecule has 2 amide bonds. The maximum Gasteiger partial charge on any atom is 0.274 e. The number of thiazole rings is 1. The van der Waals surface area contributed by atoms with Gasteiger partial charge in [0.2, 0.25) is 11.9 Å². The number of nitrogens with zero attached hydrogens (tertiary/aromatic N) is 4. The van der Waals surface area contributed by atoms with Crippen LogP contribution in [0, 0.1) is 12.8 Å². The molecule has 0 bridgehead atoms.